The van der Waals surface area contributed by atoms with Gasteiger partial charge in [-0.15, -0.1) is 0 Å². The van der Waals surface area contributed by atoms with Crippen molar-refractivity contribution < 1.29 is 19.3 Å². The lowest BCUT2D eigenvalue weighted by atomic mass is 9.54. The van der Waals surface area contributed by atoms with Gasteiger partial charge in [0.25, 0.3) is 0 Å². The van der Waals surface area contributed by atoms with Crippen LogP contribution >= 0.6 is 0 Å². The molecule has 4 rings (SSSR count). The maximum atomic E-state index is 11.4. The minimum Gasteiger partial charge on any atom is -0.496 e. The molecule has 1 heterocycles. The second kappa shape index (κ2) is 4.20. The van der Waals surface area contributed by atoms with Crippen LogP contribution < -0.4 is 4.74 Å². The molecule has 1 saturated heterocycles. The minimum atomic E-state index is -1.06. The van der Waals surface area contributed by atoms with Crippen LogP contribution in [0.5, 0.6) is 5.75 Å². The van der Waals surface area contributed by atoms with Crippen LogP contribution in [0.15, 0.2) is 18.2 Å². The molecule has 0 bridgehead atoms. The number of aliphatic hydroxyl groups is 1. The first-order valence-electron chi connectivity index (χ1n) is 7.40. The van der Waals surface area contributed by atoms with Crippen molar-refractivity contribution in [3.63, 3.8) is 0 Å². The van der Waals surface area contributed by atoms with Crippen LogP contribution in [-0.4, -0.2) is 31.2 Å². The van der Waals surface area contributed by atoms with E-state index in [0.717, 1.165) is 37.0 Å². The Kier molecular flexibility index (Phi) is 2.65. The highest BCUT2D eigenvalue weighted by atomic mass is 16.7. The van der Waals surface area contributed by atoms with E-state index in [1.807, 2.05) is 12.1 Å². The van der Waals surface area contributed by atoms with E-state index in [1.54, 1.807) is 7.11 Å². The van der Waals surface area contributed by atoms with Gasteiger partial charge in [-0.25, -0.2) is 0 Å². The molecular formula is C16H20O4. The van der Waals surface area contributed by atoms with Crippen LogP contribution in [0.1, 0.15) is 42.7 Å². The van der Waals surface area contributed by atoms with Crippen molar-refractivity contribution in [1.29, 1.82) is 0 Å². The predicted molar refractivity (Wildman–Crippen MR) is 72.7 cm³/mol. The maximum absolute atomic E-state index is 11.4. The van der Waals surface area contributed by atoms with Crippen LogP contribution in [0.3, 0.4) is 0 Å². The third-order valence-corrected chi connectivity index (χ3v) is 5.08. The fourth-order valence-electron chi connectivity index (χ4n) is 4.23. The highest BCUT2D eigenvalue weighted by molar-refractivity contribution is 5.57. The Balaban J connectivity index is 1.87. The average molecular weight is 276 g/mol. The van der Waals surface area contributed by atoms with E-state index < -0.39 is 11.4 Å². The van der Waals surface area contributed by atoms with Crippen LogP contribution in [-0.2, 0) is 15.1 Å². The summed E-state index contributed by atoms with van der Waals surface area (Å²) in [5.74, 6) is -0.0461. The largest absolute Gasteiger partial charge is 0.496 e. The summed E-state index contributed by atoms with van der Waals surface area (Å²) in [6, 6.07) is 5.97. The van der Waals surface area contributed by atoms with Gasteiger partial charge in [0.2, 0.25) is 5.79 Å². The molecule has 1 N–H and O–H groups in total. The fourth-order valence-corrected chi connectivity index (χ4v) is 4.23. The monoisotopic (exact) mass is 276 g/mol. The average Bonchev–Trinajstić information content (AvgIpc) is 2.50. The van der Waals surface area contributed by atoms with E-state index in [0.29, 0.717) is 13.2 Å². The molecule has 108 valence electrons. The van der Waals surface area contributed by atoms with Crippen molar-refractivity contribution in [2.45, 2.75) is 43.0 Å². The van der Waals surface area contributed by atoms with Crippen molar-refractivity contribution in [2.24, 2.45) is 0 Å². The molecule has 2 fully saturated rings. The molecule has 3 aliphatic rings. The van der Waals surface area contributed by atoms with E-state index in [2.05, 4.69) is 6.07 Å². The number of benzene rings is 1. The van der Waals surface area contributed by atoms with Gasteiger partial charge in [0.1, 0.15) is 5.75 Å². The summed E-state index contributed by atoms with van der Waals surface area (Å²) in [5.41, 5.74) is 0.992. The Morgan fingerprint density at radius 1 is 1.25 bits per heavy atom. The second-order valence-corrected chi connectivity index (χ2v) is 5.94. The van der Waals surface area contributed by atoms with Crippen LogP contribution in [0, 0.1) is 0 Å². The predicted octanol–water partition coefficient (Wildman–Crippen LogP) is 2.30. The van der Waals surface area contributed by atoms with Crippen molar-refractivity contribution in [3.8, 4) is 5.75 Å². The summed E-state index contributed by atoms with van der Waals surface area (Å²) in [6.07, 6.45) is 3.63. The number of fused-ring (bicyclic) bond motifs is 5. The molecule has 0 amide bonds. The zero-order chi connectivity index (χ0) is 13.8. The first kappa shape index (κ1) is 12.6. The lowest BCUT2D eigenvalue weighted by Gasteiger charge is -2.60. The van der Waals surface area contributed by atoms with E-state index in [1.165, 1.54) is 5.56 Å². The molecule has 4 heteroatoms. The maximum Gasteiger partial charge on any atom is 0.202 e. The van der Waals surface area contributed by atoms with Gasteiger partial charge in [0, 0.05) is 17.9 Å². The number of hydrogen-bond donors (Lipinski definition) is 1. The molecule has 1 aromatic rings. The first-order valence-corrected chi connectivity index (χ1v) is 7.40. The quantitative estimate of drug-likeness (QED) is 0.855. The third-order valence-electron chi connectivity index (χ3n) is 5.08. The van der Waals surface area contributed by atoms with Gasteiger partial charge in [-0.1, -0.05) is 12.1 Å². The molecule has 0 radical (unpaired) electrons. The van der Waals surface area contributed by atoms with Crippen molar-refractivity contribution in [3.05, 3.63) is 29.3 Å². The lowest BCUT2D eigenvalue weighted by molar-refractivity contribution is -0.373. The standard InChI is InChI=1S/C16H20O4/c1-18-13-7-2-5-11-12-6-3-8-15(16(12,17)14(11)13)19-9-4-10-20-15/h2,5,7,12,17H,3-4,6,8-10H2,1H3/t12-,16-/m0/s1. The van der Waals surface area contributed by atoms with Crippen molar-refractivity contribution >= 4 is 0 Å². The molecule has 2 aliphatic carbocycles. The summed E-state index contributed by atoms with van der Waals surface area (Å²) in [4.78, 5) is 0. The van der Waals surface area contributed by atoms with E-state index in [-0.39, 0.29) is 5.92 Å². The topological polar surface area (TPSA) is 47.9 Å². The normalized spacial score (nSPS) is 34.0. The van der Waals surface area contributed by atoms with Crippen LogP contribution in [0.25, 0.3) is 0 Å². The van der Waals surface area contributed by atoms with Gasteiger partial charge < -0.3 is 19.3 Å². The molecule has 1 aliphatic heterocycles. The van der Waals surface area contributed by atoms with Crippen molar-refractivity contribution in [2.75, 3.05) is 20.3 Å². The van der Waals surface area contributed by atoms with Crippen LogP contribution in [0.4, 0.5) is 0 Å². The highest BCUT2D eigenvalue weighted by Gasteiger charge is 2.68. The summed E-state index contributed by atoms with van der Waals surface area (Å²) in [6.45, 7) is 1.30. The third kappa shape index (κ3) is 1.32. The van der Waals surface area contributed by atoms with Crippen LogP contribution in [0.2, 0.25) is 0 Å². The molecule has 0 unspecified atom stereocenters. The van der Waals surface area contributed by atoms with E-state index in [9.17, 15) is 5.11 Å². The molecule has 4 nitrogen and oxygen atoms in total. The molecule has 2 atom stereocenters. The first-order chi connectivity index (χ1) is 9.73. The summed E-state index contributed by atoms with van der Waals surface area (Å²) < 4.78 is 17.4. The smallest absolute Gasteiger partial charge is 0.202 e. The highest BCUT2D eigenvalue weighted by Crippen LogP contribution is 2.65. The Morgan fingerprint density at radius 3 is 2.80 bits per heavy atom. The molecule has 1 aromatic carbocycles. The molecule has 1 spiro atoms. The van der Waals surface area contributed by atoms with E-state index in [4.69, 9.17) is 14.2 Å². The Bertz CT molecular complexity index is 530. The number of hydrogen-bond acceptors (Lipinski definition) is 4. The van der Waals surface area contributed by atoms with E-state index >= 15 is 0 Å². The number of ether oxygens (including phenoxy) is 3. The number of methoxy groups -OCH3 is 1. The van der Waals surface area contributed by atoms with Gasteiger partial charge >= 0.3 is 0 Å². The molecule has 0 aromatic heterocycles. The Hall–Kier alpha value is -1.10. The lowest BCUT2D eigenvalue weighted by Crippen LogP contribution is -2.66. The van der Waals surface area contributed by atoms with Gasteiger partial charge in [-0.05, 0) is 30.9 Å². The zero-order valence-electron chi connectivity index (χ0n) is 11.7. The molecule has 20 heavy (non-hydrogen) atoms. The Morgan fingerprint density at radius 2 is 2.05 bits per heavy atom. The van der Waals surface area contributed by atoms with Gasteiger partial charge in [0.15, 0.2) is 5.60 Å². The molecular weight excluding hydrogens is 256 g/mol. The summed E-state index contributed by atoms with van der Waals surface area (Å²) in [7, 11) is 1.64. The zero-order valence-corrected chi connectivity index (χ0v) is 11.7. The van der Waals surface area contributed by atoms with Gasteiger partial charge in [-0.2, -0.15) is 0 Å². The Labute approximate surface area is 118 Å². The number of rotatable bonds is 1. The fraction of sp³-hybridized carbons (Fsp3) is 0.625. The SMILES string of the molecule is COc1cccc2c1[C@@]1(O)[C@H]2CCCC12OCCCO2. The van der Waals surface area contributed by atoms with Gasteiger partial charge in [0.05, 0.1) is 20.3 Å². The second-order valence-electron chi connectivity index (χ2n) is 5.94. The van der Waals surface area contributed by atoms with Crippen molar-refractivity contribution in [1.82, 2.24) is 0 Å². The summed E-state index contributed by atoms with van der Waals surface area (Å²) >= 11 is 0. The minimum absolute atomic E-state index is 0.0967. The van der Waals surface area contributed by atoms with Gasteiger partial charge in [-0.3, -0.25) is 0 Å². The molecule has 1 saturated carbocycles. The summed E-state index contributed by atoms with van der Waals surface area (Å²) in [5, 5.41) is 11.4.